The van der Waals surface area contributed by atoms with Crippen LogP contribution in [-0.4, -0.2) is 13.0 Å². The molecular formula is C9H9Cl2F2N. The Morgan fingerprint density at radius 2 is 1.79 bits per heavy atom. The first kappa shape index (κ1) is 11.7. The summed E-state index contributed by atoms with van der Waals surface area (Å²) in [6.07, 6.45) is -2.36. The number of alkyl halides is 2. The molecule has 0 spiro atoms. The molecule has 0 aliphatic heterocycles. The van der Waals surface area contributed by atoms with E-state index in [1.54, 1.807) is 18.2 Å². The van der Waals surface area contributed by atoms with E-state index in [-0.39, 0.29) is 13.1 Å². The summed E-state index contributed by atoms with van der Waals surface area (Å²) >= 11 is 11.7. The Kier molecular flexibility index (Phi) is 4.58. The molecule has 0 unspecified atom stereocenters. The van der Waals surface area contributed by atoms with Crippen LogP contribution in [0.2, 0.25) is 10.0 Å². The van der Waals surface area contributed by atoms with Crippen LogP contribution >= 0.6 is 23.2 Å². The first-order valence-corrected chi connectivity index (χ1v) is 4.78. The van der Waals surface area contributed by atoms with Crippen LogP contribution in [0.4, 0.5) is 8.78 Å². The molecule has 0 bridgehead atoms. The molecule has 1 N–H and O–H groups in total. The maximum Gasteiger partial charge on any atom is 0.250 e. The zero-order valence-electron chi connectivity index (χ0n) is 7.24. The van der Waals surface area contributed by atoms with Crippen LogP contribution in [-0.2, 0) is 6.54 Å². The molecule has 0 aromatic heterocycles. The molecule has 0 atom stereocenters. The van der Waals surface area contributed by atoms with Crippen LogP contribution in [0.1, 0.15) is 5.56 Å². The van der Waals surface area contributed by atoms with Crippen molar-refractivity contribution >= 4 is 23.2 Å². The van der Waals surface area contributed by atoms with Gasteiger partial charge in [-0.2, -0.15) is 0 Å². The van der Waals surface area contributed by atoms with Crippen molar-refractivity contribution in [3.63, 3.8) is 0 Å². The van der Waals surface area contributed by atoms with E-state index in [4.69, 9.17) is 23.2 Å². The van der Waals surface area contributed by atoms with Crippen LogP contribution in [0, 0.1) is 0 Å². The second-order valence-electron chi connectivity index (χ2n) is 2.72. The van der Waals surface area contributed by atoms with Gasteiger partial charge in [0.05, 0.1) is 6.54 Å². The number of benzene rings is 1. The summed E-state index contributed by atoms with van der Waals surface area (Å²) in [7, 11) is 0. The average molecular weight is 240 g/mol. The molecular weight excluding hydrogens is 231 g/mol. The molecule has 0 aliphatic rings. The molecule has 0 saturated carbocycles. The van der Waals surface area contributed by atoms with E-state index < -0.39 is 6.43 Å². The summed E-state index contributed by atoms with van der Waals surface area (Å²) in [5.41, 5.74) is 0.650. The van der Waals surface area contributed by atoms with E-state index in [2.05, 4.69) is 5.32 Å². The van der Waals surface area contributed by atoms with Crippen LogP contribution in [0.3, 0.4) is 0 Å². The second kappa shape index (κ2) is 5.49. The first-order chi connectivity index (χ1) is 6.61. The summed E-state index contributed by atoms with van der Waals surface area (Å²) in [4.78, 5) is 0. The smallest absolute Gasteiger partial charge is 0.250 e. The number of hydrogen-bond acceptors (Lipinski definition) is 1. The van der Waals surface area contributed by atoms with Crippen molar-refractivity contribution < 1.29 is 8.78 Å². The van der Waals surface area contributed by atoms with Gasteiger partial charge in [-0.05, 0) is 12.1 Å². The Hall–Kier alpha value is -0.380. The summed E-state index contributed by atoms with van der Waals surface area (Å²) in [6.45, 7) is -0.107. The van der Waals surface area contributed by atoms with Gasteiger partial charge < -0.3 is 5.32 Å². The third-order valence-corrected chi connectivity index (χ3v) is 2.37. The predicted molar refractivity (Wildman–Crippen MR) is 54.2 cm³/mol. The minimum atomic E-state index is -2.36. The Morgan fingerprint density at radius 1 is 1.21 bits per heavy atom. The van der Waals surface area contributed by atoms with Gasteiger partial charge in [0.1, 0.15) is 0 Å². The minimum absolute atomic E-state index is 0.253. The average Bonchev–Trinajstić information content (AvgIpc) is 2.09. The lowest BCUT2D eigenvalue weighted by atomic mass is 10.2. The maximum absolute atomic E-state index is 11.8. The molecule has 1 rings (SSSR count). The molecule has 5 heteroatoms. The second-order valence-corrected chi connectivity index (χ2v) is 3.54. The van der Waals surface area contributed by atoms with E-state index in [9.17, 15) is 8.78 Å². The van der Waals surface area contributed by atoms with Crippen molar-refractivity contribution in [2.75, 3.05) is 6.54 Å². The lowest BCUT2D eigenvalue weighted by Gasteiger charge is -2.07. The monoisotopic (exact) mass is 239 g/mol. The molecule has 0 saturated heterocycles. The van der Waals surface area contributed by atoms with Crippen molar-refractivity contribution in [2.45, 2.75) is 13.0 Å². The molecule has 1 aromatic rings. The highest BCUT2D eigenvalue weighted by molar-refractivity contribution is 6.35. The van der Waals surface area contributed by atoms with Gasteiger partial charge in [0.15, 0.2) is 0 Å². The van der Waals surface area contributed by atoms with Crippen LogP contribution in [0.15, 0.2) is 18.2 Å². The number of halogens is 4. The van der Waals surface area contributed by atoms with E-state index in [1.807, 2.05) is 0 Å². The minimum Gasteiger partial charge on any atom is -0.307 e. The van der Waals surface area contributed by atoms with E-state index >= 15 is 0 Å². The van der Waals surface area contributed by atoms with Crippen LogP contribution in [0.5, 0.6) is 0 Å². The molecule has 14 heavy (non-hydrogen) atoms. The third-order valence-electron chi connectivity index (χ3n) is 1.66. The van der Waals surface area contributed by atoms with Crippen molar-refractivity contribution in [2.24, 2.45) is 0 Å². The fourth-order valence-corrected chi connectivity index (χ4v) is 1.54. The van der Waals surface area contributed by atoms with Crippen LogP contribution in [0.25, 0.3) is 0 Å². The third kappa shape index (κ3) is 3.40. The summed E-state index contributed by atoms with van der Waals surface area (Å²) in [5.74, 6) is 0. The number of nitrogens with one attached hydrogen (secondary N) is 1. The van der Waals surface area contributed by atoms with Gasteiger partial charge in [-0.25, -0.2) is 8.78 Å². The van der Waals surface area contributed by atoms with Gasteiger partial charge >= 0.3 is 0 Å². The molecule has 0 heterocycles. The zero-order chi connectivity index (χ0) is 10.6. The van der Waals surface area contributed by atoms with Crippen molar-refractivity contribution in [3.05, 3.63) is 33.8 Å². The highest BCUT2D eigenvalue weighted by Crippen LogP contribution is 2.23. The summed E-state index contributed by atoms with van der Waals surface area (Å²) in [6, 6.07) is 5.06. The standard InChI is InChI=1S/C9H9Cl2F2N/c10-7-2-1-3-8(11)6(7)4-14-5-9(12)13/h1-3,9,14H,4-5H2. The number of rotatable bonds is 4. The van der Waals surface area contributed by atoms with E-state index in [0.29, 0.717) is 15.6 Å². The van der Waals surface area contributed by atoms with Crippen LogP contribution < -0.4 is 5.32 Å². The van der Waals surface area contributed by atoms with Crippen molar-refractivity contribution in [1.82, 2.24) is 5.32 Å². The molecule has 78 valence electrons. The lowest BCUT2D eigenvalue weighted by molar-refractivity contribution is 0.145. The molecule has 0 aliphatic carbocycles. The molecule has 1 nitrogen and oxygen atoms in total. The van der Waals surface area contributed by atoms with Crippen molar-refractivity contribution in [3.8, 4) is 0 Å². The highest BCUT2D eigenvalue weighted by Gasteiger charge is 2.06. The fraction of sp³-hybridized carbons (Fsp3) is 0.333. The Labute approximate surface area is 91.0 Å². The van der Waals surface area contributed by atoms with Gasteiger partial charge in [-0.15, -0.1) is 0 Å². The largest absolute Gasteiger partial charge is 0.307 e. The van der Waals surface area contributed by atoms with Gasteiger partial charge in [-0.1, -0.05) is 29.3 Å². The number of hydrogen-bond donors (Lipinski definition) is 1. The Balaban J connectivity index is 2.58. The molecule has 0 radical (unpaired) electrons. The van der Waals surface area contributed by atoms with E-state index in [0.717, 1.165) is 0 Å². The summed E-state index contributed by atoms with van der Waals surface area (Å²) in [5, 5.41) is 3.53. The first-order valence-electron chi connectivity index (χ1n) is 4.03. The molecule has 0 fully saturated rings. The zero-order valence-corrected chi connectivity index (χ0v) is 8.75. The topological polar surface area (TPSA) is 12.0 Å². The summed E-state index contributed by atoms with van der Waals surface area (Å²) < 4.78 is 23.6. The van der Waals surface area contributed by atoms with Gasteiger partial charge in [-0.3, -0.25) is 0 Å². The highest BCUT2D eigenvalue weighted by atomic mass is 35.5. The Morgan fingerprint density at radius 3 is 2.29 bits per heavy atom. The Bertz CT molecular complexity index is 285. The van der Waals surface area contributed by atoms with Crippen molar-refractivity contribution in [1.29, 1.82) is 0 Å². The van der Waals surface area contributed by atoms with E-state index in [1.165, 1.54) is 0 Å². The maximum atomic E-state index is 11.8. The fourth-order valence-electron chi connectivity index (χ4n) is 1.01. The lowest BCUT2D eigenvalue weighted by Crippen LogP contribution is -2.20. The van der Waals surface area contributed by atoms with Gasteiger partial charge in [0, 0.05) is 22.2 Å². The van der Waals surface area contributed by atoms with Gasteiger partial charge in [0.25, 0.3) is 6.43 Å². The predicted octanol–water partition coefficient (Wildman–Crippen LogP) is 3.35. The quantitative estimate of drug-likeness (QED) is 0.850. The SMILES string of the molecule is FC(F)CNCc1c(Cl)cccc1Cl. The van der Waals surface area contributed by atoms with Gasteiger partial charge in [0.2, 0.25) is 0 Å². The molecule has 0 amide bonds. The molecule has 1 aromatic carbocycles. The normalized spacial score (nSPS) is 10.9.